The van der Waals surface area contributed by atoms with Gasteiger partial charge in [0.2, 0.25) is 0 Å². The molecule has 4 aliphatic carbocycles. The molecule has 4 aliphatic rings. The van der Waals surface area contributed by atoms with Crippen LogP contribution in [0.1, 0.15) is 65.2 Å². The van der Waals surface area contributed by atoms with Gasteiger partial charge in [-0.2, -0.15) is 0 Å². The molecule has 4 fully saturated rings. The van der Waals surface area contributed by atoms with E-state index in [0.29, 0.717) is 24.2 Å². The molecule has 0 aromatic carbocycles. The van der Waals surface area contributed by atoms with E-state index in [-0.39, 0.29) is 34.9 Å². The molecule has 0 bridgehead atoms. The van der Waals surface area contributed by atoms with E-state index in [1.807, 2.05) is 0 Å². The molecule has 0 heterocycles. The number of carboxylic acid groups (broad SMARTS) is 1. The zero-order valence-corrected chi connectivity index (χ0v) is 14.9. The van der Waals surface area contributed by atoms with E-state index in [2.05, 4.69) is 13.8 Å². The van der Waals surface area contributed by atoms with E-state index in [1.54, 1.807) is 0 Å². The van der Waals surface area contributed by atoms with Gasteiger partial charge in [-0.15, -0.1) is 0 Å². The molecule has 0 aromatic rings. The van der Waals surface area contributed by atoms with Gasteiger partial charge in [0, 0.05) is 0 Å². The van der Waals surface area contributed by atoms with Crippen LogP contribution in [-0.4, -0.2) is 33.5 Å². The normalized spacial score (nSPS) is 56.9. The van der Waals surface area contributed by atoms with Gasteiger partial charge in [0.15, 0.2) is 0 Å². The van der Waals surface area contributed by atoms with E-state index < -0.39 is 5.97 Å². The van der Waals surface area contributed by atoms with Gasteiger partial charge in [-0.05, 0) is 85.9 Å². The second-order valence-corrected chi connectivity index (χ2v) is 9.75. The minimum Gasteiger partial charge on any atom is -0.481 e. The first kappa shape index (κ1) is 16.8. The molecule has 4 rings (SSSR count). The summed E-state index contributed by atoms with van der Waals surface area (Å²) in [5, 5.41) is 30.9. The summed E-state index contributed by atoms with van der Waals surface area (Å²) in [7, 11) is 0. The van der Waals surface area contributed by atoms with Gasteiger partial charge in [0.05, 0.1) is 18.1 Å². The van der Waals surface area contributed by atoms with Crippen molar-refractivity contribution in [2.24, 2.45) is 40.4 Å². The smallest absolute Gasteiger partial charge is 0.307 e. The Kier molecular flexibility index (Phi) is 3.82. The molecule has 0 radical (unpaired) electrons. The van der Waals surface area contributed by atoms with E-state index >= 15 is 0 Å². The molecule has 0 aromatic heterocycles. The van der Waals surface area contributed by atoms with Gasteiger partial charge in [-0.3, -0.25) is 4.79 Å². The standard InChI is InChI=1S/C20H32O4/c1-19-8-7-12(21)9-11(19)3-4-13-14-5-6-15(18(23)24)20(14,2)10-16(22)17(13)19/h11-17,21-22H,3-10H2,1-2H3,(H,23,24). The Morgan fingerprint density at radius 2 is 1.75 bits per heavy atom. The molecule has 4 heteroatoms. The van der Waals surface area contributed by atoms with Crippen LogP contribution in [0.4, 0.5) is 0 Å². The van der Waals surface area contributed by atoms with Crippen LogP contribution in [0.25, 0.3) is 0 Å². The zero-order valence-electron chi connectivity index (χ0n) is 14.9. The molecule has 4 nitrogen and oxygen atoms in total. The Hall–Kier alpha value is -0.610. The predicted octanol–water partition coefficient (Wildman–Crippen LogP) is 3.06. The molecule has 0 amide bonds. The maximum Gasteiger partial charge on any atom is 0.307 e. The van der Waals surface area contributed by atoms with Crippen molar-refractivity contribution in [1.29, 1.82) is 0 Å². The van der Waals surface area contributed by atoms with Crippen molar-refractivity contribution in [3.8, 4) is 0 Å². The number of aliphatic carboxylic acids is 1. The molecule has 4 saturated carbocycles. The topological polar surface area (TPSA) is 77.8 Å². The second-order valence-electron chi connectivity index (χ2n) is 9.75. The molecule has 0 aliphatic heterocycles. The van der Waals surface area contributed by atoms with Gasteiger partial charge in [0.25, 0.3) is 0 Å². The van der Waals surface area contributed by atoms with Crippen LogP contribution in [-0.2, 0) is 4.79 Å². The number of hydrogen-bond acceptors (Lipinski definition) is 3. The highest BCUT2D eigenvalue weighted by Crippen LogP contribution is 2.67. The summed E-state index contributed by atoms with van der Waals surface area (Å²) in [4.78, 5) is 11.7. The van der Waals surface area contributed by atoms with E-state index in [4.69, 9.17) is 0 Å². The largest absolute Gasteiger partial charge is 0.481 e. The highest BCUT2D eigenvalue weighted by Gasteiger charge is 2.64. The minimum absolute atomic E-state index is 0.115. The average Bonchev–Trinajstić information content (AvgIpc) is 2.84. The van der Waals surface area contributed by atoms with Crippen molar-refractivity contribution in [2.75, 3.05) is 0 Å². The fourth-order valence-electron chi connectivity index (χ4n) is 7.77. The number of hydrogen-bond donors (Lipinski definition) is 3. The van der Waals surface area contributed by atoms with Gasteiger partial charge in [-0.25, -0.2) is 0 Å². The van der Waals surface area contributed by atoms with Crippen molar-refractivity contribution in [3.05, 3.63) is 0 Å². The molecular formula is C20H32O4. The van der Waals surface area contributed by atoms with Crippen molar-refractivity contribution in [2.45, 2.75) is 77.4 Å². The lowest BCUT2D eigenvalue weighted by atomic mass is 9.44. The fourth-order valence-corrected chi connectivity index (χ4v) is 7.77. The maximum atomic E-state index is 11.7. The Labute approximate surface area is 144 Å². The molecular weight excluding hydrogens is 304 g/mol. The number of fused-ring (bicyclic) bond motifs is 5. The summed E-state index contributed by atoms with van der Waals surface area (Å²) in [6, 6.07) is 0. The molecule has 136 valence electrons. The number of aliphatic hydroxyl groups excluding tert-OH is 2. The van der Waals surface area contributed by atoms with Crippen molar-refractivity contribution < 1.29 is 20.1 Å². The highest BCUT2D eigenvalue weighted by atomic mass is 16.4. The first-order chi connectivity index (χ1) is 11.3. The monoisotopic (exact) mass is 336 g/mol. The van der Waals surface area contributed by atoms with Crippen LogP contribution in [0.15, 0.2) is 0 Å². The second kappa shape index (κ2) is 5.44. The van der Waals surface area contributed by atoms with Crippen LogP contribution < -0.4 is 0 Å². The van der Waals surface area contributed by atoms with Gasteiger partial charge in [0.1, 0.15) is 0 Å². The lowest BCUT2D eigenvalue weighted by molar-refractivity contribution is -0.182. The van der Waals surface area contributed by atoms with Crippen LogP contribution in [0.2, 0.25) is 0 Å². The lowest BCUT2D eigenvalue weighted by Gasteiger charge is -2.62. The maximum absolute atomic E-state index is 11.7. The summed E-state index contributed by atoms with van der Waals surface area (Å²) in [5.74, 6) is 0.729. The average molecular weight is 336 g/mol. The Morgan fingerprint density at radius 3 is 2.46 bits per heavy atom. The molecule has 24 heavy (non-hydrogen) atoms. The summed E-state index contributed by atoms with van der Waals surface area (Å²) >= 11 is 0. The van der Waals surface area contributed by atoms with E-state index in [9.17, 15) is 20.1 Å². The van der Waals surface area contributed by atoms with Crippen molar-refractivity contribution in [3.63, 3.8) is 0 Å². The summed E-state index contributed by atoms with van der Waals surface area (Å²) in [6.07, 6.45) is 6.81. The van der Waals surface area contributed by atoms with Crippen LogP contribution in [0, 0.1) is 40.4 Å². The molecule has 3 N–H and O–H groups in total. The minimum atomic E-state index is -0.675. The van der Waals surface area contributed by atoms with E-state index in [1.165, 1.54) is 0 Å². The first-order valence-corrected chi connectivity index (χ1v) is 9.86. The summed E-state index contributed by atoms with van der Waals surface area (Å²) in [6.45, 7) is 4.47. The predicted molar refractivity (Wildman–Crippen MR) is 90.2 cm³/mol. The van der Waals surface area contributed by atoms with Gasteiger partial charge < -0.3 is 15.3 Å². The molecule has 9 atom stereocenters. The number of carbonyl (C=O) groups is 1. The summed E-state index contributed by atoms with van der Waals surface area (Å²) < 4.78 is 0. The zero-order chi connectivity index (χ0) is 17.3. The highest BCUT2D eigenvalue weighted by molar-refractivity contribution is 5.71. The Morgan fingerprint density at radius 1 is 1.00 bits per heavy atom. The number of carboxylic acids is 1. The van der Waals surface area contributed by atoms with Gasteiger partial charge in [-0.1, -0.05) is 13.8 Å². The van der Waals surface area contributed by atoms with Crippen LogP contribution in [0.3, 0.4) is 0 Å². The molecule has 9 unspecified atom stereocenters. The SMILES string of the molecule is CC12CC(O)C3C(CCC4CC(O)CCC43C)C1CCC2C(=O)O. The van der Waals surface area contributed by atoms with Crippen LogP contribution in [0.5, 0.6) is 0 Å². The Balaban J connectivity index is 1.67. The lowest BCUT2D eigenvalue weighted by Crippen LogP contribution is -2.59. The van der Waals surface area contributed by atoms with Gasteiger partial charge >= 0.3 is 5.97 Å². The summed E-state index contributed by atoms with van der Waals surface area (Å²) in [5.41, 5.74) is -0.131. The quantitative estimate of drug-likeness (QED) is 0.688. The fraction of sp³-hybridized carbons (Fsp3) is 0.950. The Bertz CT molecular complexity index is 534. The third-order valence-electron chi connectivity index (χ3n) is 8.86. The first-order valence-electron chi connectivity index (χ1n) is 9.86. The number of rotatable bonds is 1. The van der Waals surface area contributed by atoms with E-state index in [0.717, 1.165) is 44.9 Å². The number of aliphatic hydroxyl groups is 2. The third-order valence-corrected chi connectivity index (χ3v) is 8.86. The molecule has 0 saturated heterocycles. The van der Waals surface area contributed by atoms with Crippen molar-refractivity contribution in [1.82, 2.24) is 0 Å². The van der Waals surface area contributed by atoms with Crippen molar-refractivity contribution >= 4 is 5.97 Å². The van der Waals surface area contributed by atoms with Crippen LogP contribution >= 0.6 is 0 Å². The molecule has 0 spiro atoms. The third kappa shape index (κ3) is 2.14.